The highest BCUT2D eigenvalue weighted by Crippen LogP contribution is 2.25. The summed E-state index contributed by atoms with van der Waals surface area (Å²) >= 11 is 3.40. The molecule has 0 saturated carbocycles. The van der Waals surface area contributed by atoms with Gasteiger partial charge >= 0.3 is 5.97 Å². The normalized spacial score (nSPS) is 15.9. The Morgan fingerprint density at radius 1 is 1.35 bits per heavy atom. The highest BCUT2D eigenvalue weighted by Gasteiger charge is 2.20. The first-order valence-corrected chi connectivity index (χ1v) is 6.28. The van der Waals surface area contributed by atoms with Gasteiger partial charge in [0.25, 0.3) is 0 Å². The molecule has 0 fully saturated rings. The number of halogens is 1. The van der Waals surface area contributed by atoms with Gasteiger partial charge in [-0.1, -0.05) is 28.1 Å². The molecule has 0 amide bonds. The lowest BCUT2D eigenvalue weighted by Gasteiger charge is -2.20. The highest BCUT2D eigenvalue weighted by atomic mass is 79.9. The van der Waals surface area contributed by atoms with Crippen molar-refractivity contribution < 1.29 is 9.53 Å². The van der Waals surface area contributed by atoms with Crippen molar-refractivity contribution in [1.82, 2.24) is 5.32 Å². The zero-order chi connectivity index (χ0) is 12.3. The van der Waals surface area contributed by atoms with Crippen LogP contribution in [-0.4, -0.2) is 26.2 Å². The van der Waals surface area contributed by atoms with Gasteiger partial charge in [-0.05, 0) is 36.2 Å². The zero-order valence-corrected chi connectivity index (χ0v) is 11.2. The maximum absolute atomic E-state index is 11.7. The van der Waals surface area contributed by atoms with Crippen molar-refractivity contribution in [3.63, 3.8) is 0 Å². The largest absolute Gasteiger partial charge is 0.466 e. The van der Waals surface area contributed by atoms with E-state index in [1.54, 1.807) is 0 Å². The SMILES string of the molecule is COC(=O)C1=C(c2ccc(Br)cc2)CNCC1. The number of ether oxygens (including phenoxy) is 1. The first kappa shape index (κ1) is 12.3. The van der Waals surface area contributed by atoms with Gasteiger partial charge in [-0.2, -0.15) is 0 Å². The van der Waals surface area contributed by atoms with Crippen molar-refractivity contribution in [2.24, 2.45) is 0 Å². The van der Waals surface area contributed by atoms with Gasteiger partial charge in [0, 0.05) is 16.6 Å². The topological polar surface area (TPSA) is 38.3 Å². The van der Waals surface area contributed by atoms with Crippen LogP contribution in [0.15, 0.2) is 34.3 Å². The molecule has 0 unspecified atom stereocenters. The van der Waals surface area contributed by atoms with Crippen molar-refractivity contribution in [3.8, 4) is 0 Å². The summed E-state index contributed by atoms with van der Waals surface area (Å²) in [5.41, 5.74) is 2.89. The fourth-order valence-corrected chi connectivity index (χ4v) is 2.22. The maximum atomic E-state index is 11.7. The number of esters is 1. The summed E-state index contributed by atoms with van der Waals surface area (Å²) in [6.07, 6.45) is 0.720. The van der Waals surface area contributed by atoms with Gasteiger partial charge in [-0.3, -0.25) is 0 Å². The molecule has 0 atom stereocenters. The van der Waals surface area contributed by atoms with E-state index >= 15 is 0 Å². The molecule has 1 aliphatic rings. The van der Waals surface area contributed by atoms with Gasteiger partial charge < -0.3 is 10.1 Å². The number of carbonyl (C=O) groups is 1. The van der Waals surface area contributed by atoms with E-state index in [4.69, 9.17) is 4.74 Å². The summed E-state index contributed by atoms with van der Waals surface area (Å²) in [7, 11) is 1.43. The second-order valence-electron chi connectivity index (χ2n) is 3.88. The summed E-state index contributed by atoms with van der Waals surface area (Å²) in [5.74, 6) is -0.218. The van der Waals surface area contributed by atoms with E-state index in [0.29, 0.717) is 6.54 Å². The van der Waals surface area contributed by atoms with Gasteiger partial charge in [0.05, 0.1) is 7.11 Å². The molecule has 0 aromatic heterocycles. The number of rotatable bonds is 2. The average molecular weight is 296 g/mol. The standard InChI is InChI=1S/C13H14BrNO2/c1-17-13(16)11-6-7-15-8-12(11)9-2-4-10(14)5-3-9/h2-5,15H,6-8H2,1H3. The monoisotopic (exact) mass is 295 g/mol. The minimum Gasteiger partial charge on any atom is -0.466 e. The van der Waals surface area contributed by atoms with Crippen molar-refractivity contribution in [3.05, 3.63) is 39.9 Å². The molecule has 0 spiro atoms. The third-order valence-corrected chi connectivity index (χ3v) is 3.37. The Labute approximate surface area is 109 Å². The Kier molecular flexibility index (Phi) is 3.97. The fourth-order valence-electron chi connectivity index (χ4n) is 1.96. The number of hydrogen-bond acceptors (Lipinski definition) is 3. The molecule has 0 radical (unpaired) electrons. The van der Waals surface area contributed by atoms with E-state index in [1.165, 1.54) is 7.11 Å². The second-order valence-corrected chi connectivity index (χ2v) is 4.80. The summed E-state index contributed by atoms with van der Waals surface area (Å²) in [5, 5.41) is 3.28. The number of carbonyl (C=O) groups excluding carboxylic acids is 1. The molecule has 90 valence electrons. The van der Waals surface area contributed by atoms with Gasteiger partial charge in [0.15, 0.2) is 0 Å². The van der Waals surface area contributed by atoms with Crippen LogP contribution >= 0.6 is 15.9 Å². The van der Waals surface area contributed by atoms with Gasteiger partial charge in [-0.25, -0.2) is 4.79 Å². The predicted molar refractivity (Wildman–Crippen MR) is 70.6 cm³/mol. The summed E-state index contributed by atoms with van der Waals surface area (Å²) in [6.45, 7) is 1.54. The molecule has 0 aliphatic carbocycles. The van der Waals surface area contributed by atoms with Crippen LogP contribution in [0.3, 0.4) is 0 Å². The smallest absolute Gasteiger partial charge is 0.334 e. The van der Waals surface area contributed by atoms with Crippen molar-refractivity contribution in [2.75, 3.05) is 20.2 Å². The Bertz CT molecular complexity index is 451. The van der Waals surface area contributed by atoms with Crippen LogP contribution in [0.4, 0.5) is 0 Å². The van der Waals surface area contributed by atoms with E-state index < -0.39 is 0 Å². The maximum Gasteiger partial charge on any atom is 0.334 e. The lowest BCUT2D eigenvalue weighted by Crippen LogP contribution is -2.27. The van der Waals surface area contributed by atoms with Gasteiger partial charge in [0.1, 0.15) is 0 Å². The lowest BCUT2D eigenvalue weighted by atomic mass is 9.95. The van der Waals surface area contributed by atoms with Crippen LogP contribution in [-0.2, 0) is 9.53 Å². The Morgan fingerprint density at radius 3 is 2.71 bits per heavy atom. The third-order valence-electron chi connectivity index (χ3n) is 2.84. The van der Waals surface area contributed by atoms with Crippen LogP contribution in [0.5, 0.6) is 0 Å². The molecular formula is C13H14BrNO2. The van der Waals surface area contributed by atoms with E-state index in [2.05, 4.69) is 21.2 Å². The van der Waals surface area contributed by atoms with Crippen molar-refractivity contribution >= 4 is 27.5 Å². The van der Waals surface area contributed by atoms with E-state index in [9.17, 15) is 4.79 Å². The van der Waals surface area contributed by atoms with E-state index in [0.717, 1.165) is 34.1 Å². The minimum absolute atomic E-state index is 0.218. The van der Waals surface area contributed by atoms with E-state index in [1.807, 2.05) is 24.3 Å². The number of nitrogens with one attached hydrogen (secondary N) is 1. The quantitative estimate of drug-likeness (QED) is 0.852. The fraction of sp³-hybridized carbons (Fsp3) is 0.308. The minimum atomic E-state index is -0.218. The molecule has 2 rings (SSSR count). The number of hydrogen-bond donors (Lipinski definition) is 1. The molecular weight excluding hydrogens is 282 g/mol. The van der Waals surface area contributed by atoms with Crippen LogP contribution in [0.25, 0.3) is 5.57 Å². The second kappa shape index (κ2) is 5.47. The average Bonchev–Trinajstić information content (AvgIpc) is 2.39. The lowest BCUT2D eigenvalue weighted by molar-refractivity contribution is -0.136. The Hall–Kier alpha value is -1.13. The van der Waals surface area contributed by atoms with Gasteiger partial charge in [-0.15, -0.1) is 0 Å². The van der Waals surface area contributed by atoms with Crippen LogP contribution in [0.2, 0.25) is 0 Å². The molecule has 3 nitrogen and oxygen atoms in total. The zero-order valence-electron chi connectivity index (χ0n) is 9.63. The van der Waals surface area contributed by atoms with Crippen molar-refractivity contribution in [1.29, 1.82) is 0 Å². The molecule has 1 N–H and O–H groups in total. The molecule has 17 heavy (non-hydrogen) atoms. The highest BCUT2D eigenvalue weighted by molar-refractivity contribution is 9.10. The molecule has 1 heterocycles. The number of methoxy groups -OCH3 is 1. The Balaban J connectivity index is 2.41. The summed E-state index contributed by atoms with van der Waals surface area (Å²) in [6, 6.07) is 7.97. The molecule has 1 aromatic rings. The van der Waals surface area contributed by atoms with Crippen LogP contribution in [0.1, 0.15) is 12.0 Å². The van der Waals surface area contributed by atoms with Crippen LogP contribution in [0, 0.1) is 0 Å². The molecule has 0 bridgehead atoms. The first-order valence-electron chi connectivity index (χ1n) is 5.49. The van der Waals surface area contributed by atoms with E-state index in [-0.39, 0.29) is 5.97 Å². The molecule has 4 heteroatoms. The first-order chi connectivity index (χ1) is 8.22. The van der Waals surface area contributed by atoms with Gasteiger partial charge in [0.2, 0.25) is 0 Å². The summed E-state index contributed by atoms with van der Waals surface area (Å²) in [4.78, 5) is 11.7. The third kappa shape index (κ3) is 2.76. The molecule has 1 aliphatic heterocycles. The van der Waals surface area contributed by atoms with Crippen molar-refractivity contribution in [2.45, 2.75) is 6.42 Å². The molecule has 1 aromatic carbocycles. The van der Waals surface area contributed by atoms with Crippen LogP contribution < -0.4 is 5.32 Å². The molecule has 0 saturated heterocycles. The number of benzene rings is 1. The predicted octanol–water partition coefficient (Wildman–Crippen LogP) is 2.37. The Morgan fingerprint density at radius 2 is 2.06 bits per heavy atom. The summed E-state index contributed by atoms with van der Waals surface area (Å²) < 4.78 is 5.86.